The summed E-state index contributed by atoms with van der Waals surface area (Å²) in [6, 6.07) is 14.5. The third-order valence-corrected chi connectivity index (χ3v) is 4.40. The number of guanidine groups is 1. The first kappa shape index (κ1) is 18.1. The van der Waals surface area contributed by atoms with Crippen molar-refractivity contribution in [2.45, 2.75) is 26.3 Å². The van der Waals surface area contributed by atoms with Crippen LogP contribution in [0.5, 0.6) is 11.5 Å². The Labute approximate surface area is 155 Å². The molecule has 2 N–H and O–H groups in total. The molecule has 0 bridgehead atoms. The van der Waals surface area contributed by atoms with E-state index in [9.17, 15) is 0 Å². The average molecular weight is 353 g/mol. The summed E-state index contributed by atoms with van der Waals surface area (Å²) in [6.45, 7) is 4.96. The summed E-state index contributed by atoms with van der Waals surface area (Å²) in [4.78, 5) is 4.30. The molecule has 0 saturated carbocycles. The number of benzene rings is 2. The zero-order chi connectivity index (χ0) is 18.2. The Hall–Kier alpha value is -2.69. The number of para-hydroxylation sites is 1. The second kappa shape index (κ2) is 9.13. The molecule has 0 amide bonds. The van der Waals surface area contributed by atoms with Gasteiger partial charge in [-0.2, -0.15) is 0 Å². The first-order valence-electron chi connectivity index (χ1n) is 9.20. The largest absolute Gasteiger partial charge is 0.494 e. The molecule has 2 aromatic carbocycles. The van der Waals surface area contributed by atoms with Crippen molar-refractivity contribution in [3.8, 4) is 11.5 Å². The van der Waals surface area contributed by atoms with Gasteiger partial charge in [-0.15, -0.1) is 0 Å². The zero-order valence-corrected chi connectivity index (χ0v) is 15.5. The lowest BCUT2D eigenvalue weighted by atomic mass is 10.1. The van der Waals surface area contributed by atoms with Crippen LogP contribution >= 0.6 is 0 Å². The van der Waals surface area contributed by atoms with Crippen molar-refractivity contribution in [3.63, 3.8) is 0 Å². The van der Waals surface area contributed by atoms with Gasteiger partial charge in [-0.1, -0.05) is 30.3 Å². The maximum atomic E-state index is 5.67. The monoisotopic (exact) mass is 353 g/mol. The molecule has 1 aliphatic heterocycles. The van der Waals surface area contributed by atoms with Crippen LogP contribution in [0.25, 0.3) is 0 Å². The first-order valence-corrected chi connectivity index (χ1v) is 9.20. The SMILES string of the molecule is CCOc1ccccc1CNC(=NC)NCCc1ccc2c(c1)CCO2. The lowest BCUT2D eigenvalue weighted by Gasteiger charge is -2.14. The second-order valence-corrected chi connectivity index (χ2v) is 6.18. The Bertz CT molecular complexity index is 759. The fourth-order valence-corrected chi connectivity index (χ4v) is 3.07. The van der Waals surface area contributed by atoms with E-state index in [1.54, 1.807) is 7.05 Å². The molecule has 0 unspecified atom stereocenters. The number of aliphatic imine (C=N–C) groups is 1. The van der Waals surface area contributed by atoms with Gasteiger partial charge >= 0.3 is 0 Å². The molecule has 0 atom stereocenters. The Morgan fingerprint density at radius 1 is 1.19 bits per heavy atom. The molecular weight excluding hydrogens is 326 g/mol. The van der Waals surface area contributed by atoms with Gasteiger partial charge in [0.25, 0.3) is 0 Å². The van der Waals surface area contributed by atoms with Crippen LogP contribution in [0, 0.1) is 0 Å². The van der Waals surface area contributed by atoms with E-state index in [2.05, 4.69) is 39.9 Å². The Balaban J connectivity index is 1.48. The van der Waals surface area contributed by atoms with Crippen molar-refractivity contribution in [1.82, 2.24) is 10.6 Å². The van der Waals surface area contributed by atoms with Gasteiger partial charge in [0.15, 0.2) is 5.96 Å². The molecule has 138 valence electrons. The topological polar surface area (TPSA) is 54.9 Å². The van der Waals surface area contributed by atoms with Crippen molar-refractivity contribution >= 4 is 5.96 Å². The average Bonchev–Trinajstić information content (AvgIpc) is 3.13. The van der Waals surface area contributed by atoms with E-state index in [0.717, 1.165) is 49.0 Å². The van der Waals surface area contributed by atoms with Gasteiger partial charge in [-0.05, 0) is 36.6 Å². The van der Waals surface area contributed by atoms with Gasteiger partial charge in [0.2, 0.25) is 0 Å². The van der Waals surface area contributed by atoms with Gasteiger partial charge in [0.1, 0.15) is 11.5 Å². The summed E-state index contributed by atoms with van der Waals surface area (Å²) in [5.41, 5.74) is 3.76. The van der Waals surface area contributed by atoms with E-state index in [-0.39, 0.29) is 0 Å². The van der Waals surface area contributed by atoms with E-state index >= 15 is 0 Å². The molecular formula is C21H27N3O2. The summed E-state index contributed by atoms with van der Waals surface area (Å²) in [7, 11) is 1.79. The Morgan fingerprint density at radius 2 is 2.08 bits per heavy atom. The Morgan fingerprint density at radius 3 is 2.92 bits per heavy atom. The van der Waals surface area contributed by atoms with Crippen molar-refractivity contribution in [3.05, 3.63) is 59.2 Å². The highest BCUT2D eigenvalue weighted by Crippen LogP contribution is 2.25. The maximum absolute atomic E-state index is 5.67. The fraction of sp³-hybridized carbons (Fsp3) is 0.381. The number of ether oxygens (including phenoxy) is 2. The molecule has 3 rings (SSSR count). The van der Waals surface area contributed by atoms with Crippen LogP contribution in [0.4, 0.5) is 0 Å². The third kappa shape index (κ3) is 4.69. The number of nitrogens with zero attached hydrogens (tertiary/aromatic N) is 1. The number of hydrogen-bond donors (Lipinski definition) is 2. The molecule has 1 heterocycles. The predicted molar refractivity (Wildman–Crippen MR) is 105 cm³/mol. The van der Waals surface area contributed by atoms with Gasteiger partial charge in [-0.3, -0.25) is 4.99 Å². The molecule has 0 saturated heterocycles. The van der Waals surface area contributed by atoms with E-state index in [0.29, 0.717) is 13.2 Å². The van der Waals surface area contributed by atoms with Crippen molar-refractivity contribution in [2.75, 3.05) is 26.8 Å². The van der Waals surface area contributed by atoms with Crippen molar-refractivity contribution < 1.29 is 9.47 Å². The van der Waals surface area contributed by atoms with E-state index in [4.69, 9.17) is 9.47 Å². The minimum Gasteiger partial charge on any atom is -0.494 e. The van der Waals surface area contributed by atoms with Crippen LogP contribution in [0.2, 0.25) is 0 Å². The van der Waals surface area contributed by atoms with Gasteiger partial charge in [-0.25, -0.2) is 0 Å². The zero-order valence-electron chi connectivity index (χ0n) is 15.5. The maximum Gasteiger partial charge on any atom is 0.191 e. The molecule has 0 radical (unpaired) electrons. The summed E-state index contributed by atoms with van der Waals surface area (Å²) in [5, 5.41) is 6.73. The molecule has 0 spiro atoms. The molecule has 0 aliphatic carbocycles. The minimum atomic E-state index is 0.663. The van der Waals surface area contributed by atoms with Crippen molar-refractivity contribution in [1.29, 1.82) is 0 Å². The highest BCUT2D eigenvalue weighted by Gasteiger charge is 2.11. The molecule has 2 aromatic rings. The van der Waals surface area contributed by atoms with Crippen LogP contribution in [-0.4, -0.2) is 32.8 Å². The minimum absolute atomic E-state index is 0.663. The van der Waals surface area contributed by atoms with Crippen LogP contribution < -0.4 is 20.1 Å². The third-order valence-electron chi connectivity index (χ3n) is 4.40. The first-order chi connectivity index (χ1) is 12.8. The van der Waals surface area contributed by atoms with Gasteiger partial charge < -0.3 is 20.1 Å². The summed E-state index contributed by atoms with van der Waals surface area (Å²) in [5.74, 6) is 2.74. The van der Waals surface area contributed by atoms with E-state index in [1.807, 2.05) is 25.1 Å². The van der Waals surface area contributed by atoms with Crippen LogP contribution in [0.3, 0.4) is 0 Å². The number of hydrogen-bond acceptors (Lipinski definition) is 3. The molecule has 5 nitrogen and oxygen atoms in total. The standard InChI is InChI=1S/C21H27N3O2/c1-3-25-19-7-5-4-6-18(19)15-24-21(22-2)23-12-10-16-8-9-20-17(14-16)11-13-26-20/h4-9,14H,3,10-13,15H2,1-2H3,(H2,22,23,24). The van der Waals surface area contributed by atoms with E-state index < -0.39 is 0 Å². The molecule has 5 heteroatoms. The number of fused-ring (bicyclic) bond motifs is 1. The molecule has 0 fully saturated rings. The molecule has 0 aromatic heterocycles. The normalized spacial score (nSPS) is 13.1. The predicted octanol–water partition coefficient (Wildman–Crippen LogP) is 2.93. The van der Waals surface area contributed by atoms with Crippen LogP contribution in [0.1, 0.15) is 23.6 Å². The molecule has 26 heavy (non-hydrogen) atoms. The van der Waals surface area contributed by atoms with Crippen LogP contribution in [-0.2, 0) is 19.4 Å². The van der Waals surface area contributed by atoms with Gasteiger partial charge in [0, 0.05) is 32.1 Å². The fourth-order valence-electron chi connectivity index (χ4n) is 3.07. The summed E-state index contributed by atoms with van der Waals surface area (Å²) < 4.78 is 11.2. The van der Waals surface area contributed by atoms with Crippen molar-refractivity contribution in [2.24, 2.45) is 4.99 Å². The smallest absolute Gasteiger partial charge is 0.191 e. The number of rotatable bonds is 7. The lowest BCUT2D eigenvalue weighted by Crippen LogP contribution is -2.37. The van der Waals surface area contributed by atoms with Gasteiger partial charge in [0.05, 0.1) is 13.2 Å². The number of nitrogens with one attached hydrogen (secondary N) is 2. The van der Waals surface area contributed by atoms with Crippen LogP contribution in [0.15, 0.2) is 47.5 Å². The quantitative estimate of drug-likeness (QED) is 0.594. The summed E-state index contributed by atoms with van der Waals surface area (Å²) in [6.07, 6.45) is 1.96. The van der Waals surface area contributed by atoms with E-state index in [1.165, 1.54) is 11.1 Å². The second-order valence-electron chi connectivity index (χ2n) is 6.18. The summed E-state index contributed by atoms with van der Waals surface area (Å²) >= 11 is 0. The lowest BCUT2D eigenvalue weighted by molar-refractivity contribution is 0.336. The highest BCUT2D eigenvalue weighted by molar-refractivity contribution is 5.79. The molecule has 1 aliphatic rings. The highest BCUT2D eigenvalue weighted by atomic mass is 16.5. The Kier molecular flexibility index (Phi) is 6.36.